The number of hydrogen-bond donors (Lipinski definition) is 1. The number of carbonyl (C=O) groups is 1. The molecule has 0 aliphatic heterocycles. The van der Waals surface area contributed by atoms with Gasteiger partial charge in [0, 0.05) is 0 Å². The van der Waals surface area contributed by atoms with E-state index in [4.69, 9.17) is 5.73 Å². The van der Waals surface area contributed by atoms with Gasteiger partial charge in [0.15, 0.2) is 0 Å². The number of carbonyl (C=O) groups excluding carboxylic acids is 1. The van der Waals surface area contributed by atoms with Crippen LogP contribution < -0.4 is 5.73 Å². The van der Waals surface area contributed by atoms with E-state index in [1.165, 1.54) is 12.1 Å². The van der Waals surface area contributed by atoms with Crippen LogP contribution in [0.4, 0.5) is 4.39 Å². The predicted octanol–water partition coefficient (Wildman–Crippen LogP) is 1.76. The Hall–Kier alpha value is -1.09. The van der Waals surface area contributed by atoms with Crippen molar-refractivity contribution in [3.8, 4) is 0 Å². The summed E-state index contributed by atoms with van der Waals surface area (Å²) < 4.78 is 12.6. The molecular weight excluding hydrogens is 205 g/mol. The number of halogens is 2. The minimum absolute atomic E-state index is 0. The highest BCUT2D eigenvalue weighted by molar-refractivity contribution is 5.89. The standard InChI is InChI=1S/C10H10FNO.ClH/c11-8-3-1-7(2-4-8)10(5-6-10)9(12)13;/h1-4H,5-6H2,(H2,12,13);1H. The Labute approximate surface area is 87.7 Å². The van der Waals surface area contributed by atoms with E-state index < -0.39 is 5.41 Å². The van der Waals surface area contributed by atoms with Gasteiger partial charge in [-0.05, 0) is 30.5 Å². The zero-order chi connectivity index (χ0) is 9.47. The fourth-order valence-corrected chi connectivity index (χ4v) is 1.57. The molecule has 0 saturated heterocycles. The third-order valence-electron chi connectivity index (χ3n) is 2.62. The predicted molar refractivity (Wildman–Crippen MR) is 53.8 cm³/mol. The highest BCUT2D eigenvalue weighted by Crippen LogP contribution is 2.47. The quantitative estimate of drug-likeness (QED) is 0.803. The lowest BCUT2D eigenvalue weighted by Crippen LogP contribution is -2.28. The zero-order valence-electron chi connectivity index (χ0n) is 7.50. The van der Waals surface area contributed by atoms with Crippen molar-refractivity contribution in [2.75, 3.05) is 0 Å². The topological polar surface area (TPSA) is 43.1 Å². The first-order chi connectivity index (χ1) is 6.15. The van der Waals surface area contributed by atoms with Gasteiger partial charge in [-0.25, -0.2) is 4.39 Å². The van der Waals surface area contributed by atoms with Crippen molar-refractivity contribution in [2.45, 2.75) is 18.3 Å². The van der Waals surface area contributed by atoms with Gasteiger partial charge in [0.1, 0.15) is 5.82 Å². The first kappa shape index (κ1) is 11.0. The smallest absolute Gasteiger partial charge is 0.228 e. The maximum atomic E-state index is 12.6. The van der Waals surface area contributed by atoms with Crippen LogP contribution in [0.2, 0.25) is 0 Å². The number of rotatable bonds is 2. The van der Waals surface area contributed by atoms with E-state index in [0.717, 1.165) is 18.4 Å². The normalized spacial score (nSPS) is 16.9. The Morgan fingerprint density at radius 2 is 1.79 bits per heavy atom. The third-order valence-corrected chi connectivity index (χ3v) is 2.62. The molecule has 4 heteroatoms. The van der Waals surface area contributed by atoms with Crippen LogP contribution >= 0.6 is 12.4 Å². The minimum Gasteiger partial charge on any atom is -0.369 e. The molecule has 1 aromatic rings. The van der Waals surface area contributed by atoms with Crippen LogP contribution in [-0.4, -0.2) is 5.91 Å². The Balaban J connectivity index is 0.000000980. The SMILES string of the molecule is Cl.NC(=O)C1(c2ccc(F)cc2)CC1. The van der Waals surface area contributed by atoms with Crippen molar-refractivity contribution in [1.82, 2.24) is 0 Å². The zero-order valence-corrected chi connectivity index (χ0v) is 8.31. The lowest BCUT2D eigenvalue weighted by Gasteiger charge is -2.10. The molecule has 14 heavy (non-hydrogen) atoms. The van der Waals surface area contributed by atoms with Gasteiger partial charge in [0.25, 0.3) is 0 Å². The fraction of sp³-hybridized carbons (Fsp3) is 0.300. The highest BCUT2D eigenvalue weighted by Gasteiger charge is 2.49. The Kier molecular flexibility index (Phi) is 2.81. The molecule has 76 valence electrons. The molecular formula is C10H11ClFNO. The average molecular weight is 216 g/mol. The maximum absolute atomic E-state index is 12.6. The molecule has 1 amide bonds. The summed E-state index contributed by atoms with van der Waals surface area (Å²) in [5.41, 5.74) is 5.61. The van der Waals surface area contributed by atoms with Gasteiger partial charge >= 0.3 is 0 Å². The third kappa shape index (κ3) is 1.60. The summed E-state index contributed by atoms with van der Waals surface area (Å²) in [4.78, 5) is 11.1. The van der Waals surface area contributed by atoms with Crippen molar-refractivity contribution in [3.63, 3.8) is 0 Å². The number of primary amides is 1. The molecule has 1 fully saturated rings. The molecule has 2 rings (SSSR count). The molecule has 2 N–H and O–H groups in total. The van der Waals surface area contributed by atoms with Crippen molar-refractivity contribution in [2.24, 2.45) is 5.73 Å². The molecule has 1 aliphatic rings. The van der Waals surface area contributed by atoms with Crippen molar-refractivity contribution in [1.29, 1.82) is 0 Å². The summed E-state index contributed by atoms with van der Waals surface area (Å²) in [5, 5.41) is 0. The number of hydrogen-bond acceptors (Lipinski definition) is 1. The van der Waals surface area contributed by atoms with Gasteiger partial charge in [0.05, 0.1) is 5.41 Å². The lowest BCUT2D eigenvalue weighted by atomic mass is 9.95. The lowest BCUT2D eigenvalue weighted by molar-refractivity contribution is -0.120. The van der Waals surface area contributed by atoms with Gasteiger partial charge in [-0.15, -0.1) is 12.4 Å². The molecule has 0 spiro atoms. The van der Waals surface area contributed by atoms with E-state index in [9.17, 15) is 9.18 Å². The van der Waals surface area contributed by atoms with Crippen LogP contribution in [0.25, 0.3) is 0 Å². The maximum Gasteiger partial charge on any atom is 0.228 e. The molecule has 0 heterocycles. The van der Waals surface area contributed by atoms with Crippen LogP contribution in [-0.2, 0) is 10.2 Å². The second-order valence-electron chi connectivity index (χ2n) is 3.45. The minimum atomic E-state index is -0.492. The molecule has 1 aliphatic carbocycles. The van der Waals surface area contributed by atoms with Gasteiger partial charge in [-0.1, -0.05) is 12.1 Å². The van der Waals surface area contributed by atoms with Crippen molar-refractivity contribution in [3.05, 3.63) is 35.6 Å². The number of nitrogens with two attached hydrogens (primary N) is 1. The second-order valence-corrected chi connectivity index (χ2v) is 3.45. The summed E-state index contributed by atoms with van der Waals surface area (Å²) in [6.07, 6.45) is 1.57. The molecule has 0 bridgehead atoms. The summed E-state index contributed by atoms with van der Waals surface area (Å²) >= 11 is 0. The summed E-state index contributed by atoms with van der Waals surface area (Å²) in [7, 11) is 0. The average Bonchev–Trinajstić information content (AvgIpc) is 2.86. The Bertz CT molecular complexity index is 346. The molecule has 0 aromatic heterocycles. The molecule has 0 unspecified atom stereocenters. The van der Waals surface area contributed by atoms with E-state index >= 15 is 0 Å². The molecule has 1 aromatic carbocycles. The first-order valence-corrected chi connectivity index (χ1v) is 4.21. The van der Waals surface area contributed by atoms with Crippen molar-refractivity contribution >= 4 is 18.3 Å². The van der Waals surface area contributed by atoms with Crippen LogP contribution in [0.15, 0.2) is 24.3 Å². The summed E-state index contributed by atoms with van der Waals surface area (Å²) in [5.74, 6) is -0.594. The molecule has 2 nitrogen and oxygen atoms in total. The van der Waals surface area contributed by atoms with Crippen LogP contribution in [0.5, 0.6) is 0 Å². The van der Waals surface area contributed by atoms with Gasteiger partial charge in [0.2, 0.25) is 5.91 Å². The van der Waals surface area contributed by atoms with Gasteiger partial charge in [-0.3, -0.25) is 4.79 Å². The second kappa shape index (κ2) is 3.58. The van der Waals surface area contributed by atoms with Crippen LogP contribution in [0, 0.1) is 5.82 Å². The van der Waals surface area contributed by atoms with E-state index in [2.05, 4.69) is 0 Å². The van der Waals surface area contributed by atoms with Crippen molar-refractivity contribution < 1.29 is 9.18 Å². The molecule has 1 saturated carbocycles. The highest BCUT2D eigenvalue weighted by atomic mass is 35.5. The van der Waals surface area contributed by atoms with Crippen LogP contribution in [0.3, 0.4) is 0 Å². The van der Waals surface area contributed by atoms with Crippen LogP contribution in [0.1, 0.15) is 18.4 Å². The van der Waals surface area contributed by atoms with E-state index in [-0.39, 0.29) is 24.1 Å². The Morgan fingerprint density at radius 1 is 1.29 bits per heavy atom. The van der Waals surface area contributed by atoms with Gasteiger partial charge in [-0.2, -0.15) is 0 Å². The first-order valence-electron chi connectivity index (χ1n) is 4.21. The molecule has 0 atom stereocenters. The van der Waals surface area contributed by atoms with E-state index in [1.54, 1.807) is 12.1 Å². The summed E-state index contributed by atoms with van der Waals surface area (Å²) in [6, 6.07) is 5.98. The fourth-order valence-electron chi connectivity index (χ4n) is 1.57. The van der Waals surface area contributed by atoms with E-state index in [0.29, 0.717) is 0 Å². The monoisotopic (exact) mass is 215 g/mol. The van der Waals surface area contributed by atoms with E-state index in [1.807, 2.05) is 0 Å². The largest absolute Gasteiger partial charge is 0.369 e. The van der Waals surface area contributed by atoms with Gasteiger partial charge < -0.3 is 5.73 Å². The summed E-state index contributed by atoms with van der Waals surface area (Å²) in [6.45, 7) is 0. The Morgan fingerprint density at radius 3 is 2.14 bits per heavy atom. The number of amides is 1. The molecule has 0 radical (unpaired) electrons. The number of benzene rings is 1.